The third kappa shape index (κ3) is 3.95. The van der Waals surface area contributed by atoms with E-state index in [1.54, 1.807) is 0 Å². The van der Waals surface area contributed by atoms with Crippen LogP contribution in [0, 0.1) is 0 Å². The van der Waals surface area contributed by atoms with Crippen LogP contribution in [0.15, 0.2) is 24.3 Å². The molecule has 0 saturated heterocycles. The van der Waals surface area contributed by atoms with Gasteiger partial charge in [0.25, 0.3) is 0 Å². The molecule has 0 atom stereocenters. The maximum Gasteiger partial charge on any atom is 0.405 e. The van der Waals surface area contributed by atoms with Crippen molar-refractivity contribution in [1.82, 2.24) is 0 Å². The summed E-state index contributed by atoms with van der Waals surface area (Å²) in [7, 11) is 0. The lowest BCUT2D eigenvalue weighted by Gasteiger charge is -2.34. The van der Waals surface area contributed by atoms with Crippen molar-refractivity contribution in [3.05, 3.63) is 29.8 Å². The number of amides is 1. The molecule has 0 aliphatic heterocycles. The highest BCUT2D eigenvalue weighted by Crippen LogP contribution is 2.34. The number of carbonyl (C=O) groups is 1. The van der Waals surface area contributed by atoms with E-state index < -0.39 is 11.7 Å². The molecule has 1 rings (SSSR count). The lowest BCUT2D eigenvalue weighted by Crippen LogP contribution is -2.37. The summed E-state index contributed by atoms with van der Waals surface area (Å²) in [5.41, 5.74) is 11.9. The fourth-order valence-corrected chi connectivity index (χ4v) is 2.43. The highest BCUT2D eigenvalue weighted by atomic mass is 16.6. The minimum atomic E-state index is -0.747. The van der Waals surface area contributed by atoms with Crippen molar-refractivity contribution in [2.24, 2.45) is 5.73 Å². The van der Waals surface area contributed by atoms with Gasteiger partial charge in [-0.1, -0.05) is 26.0 Å². The minimum absolute atomic E-state index is 0.158. The first-order chi connectivity index (χ1) is 8.12. The Balaban J connectivity index is 2.90. The zero-order chi connectivity index (χ0) is 14.0. The van der Waals surface area contributed by atoms with E-state index in [4.69, 9.17) is 16.2 Å². The summed E-state index contributed by atoms with van der Waals surface area (Å²) in [5, 5.41) is 0. The molecule has 0 spiro atoms. The first-order valence-corrected chi connectivity index (χ1v) is 5.97. The number of ether oxygens (including phenoxy) is 1. The average molecular weight is 250 g/mol. The highest BCUT2D eigenvalue weighted by molar-refractivity contribution is 5.65. The Morgan fingerprint density at radius 2 is 1.89 bits per heavy atom. The fraction of sp³-hybridized carbons (Fsp3) is 0.500. The number of carbonyl (C=O) groups excluding carboxylic acids is 1. The van der Waals surface area contributed by atoms with E-state index >= 15 is 0 Å². The molecule has 100 valence electrons. The molecule has 0 aliphatic rings. The van der Waals surface area contributed by atoms with Gasteiger partial charge in [0.05, 0.1) is 0 Å². The van der Waals surface area contributed by atoms with Crippen molar-refractivity contribution < 1.29 is 9.53 Å². The molecule has 4 heteroatoms. The van der Waals surface area contributed by atoms with Crippen LogP contribution in [0.5, 0.6) is 0 Å². The summed E-state index contributed by atoms with van der Waals surface area (Å²) >= 11 is 0. The van der Waals surface area contributed by atoms with Gasteiger partial charge >= 0.3 is 6.09 Å². The van der Waals surface area contributed by atoms with Gasteiger partial charge in [0, 0.05) is 5.69 Å². The molecule has 4 nitrogen and oxygen atoms in total. The van der Waals surface area contributed by atoms with Gasteiger partial charge in [-0.3, -0.25) is 0 Å². The Hall–Kier alpha value is -1.71. The Bertz CT molecular complexity index is 439. The van der Waals surface area contributed by atoms with Gasteiger partial charge in [0.1, 0.15) is 5.60 Å². The SMILES string of the molecule is CC(C)(CC(C)(C)c1cccc(N)c1)OC(N)=O. The molecule has 0 saturated carbocycles. The standard InChI is InChI=1S/C14H22N2O2/c1-13(2,9-14(3,4)18-12(16)17)10-6-5-7-11(15)8-10/h5-8H,9,15H2,1-4H3,(H2,16,17). The van der Waals surface area contributed by atoms with Crippen molar-refractivity contribution >= 4 is 11.8 Å². The largest absolute Gasteiger partial charge is 0.444 e. The predicted molar refractivity (Wildman–Crippen MR) is 73.2 cm³/mol. The summed E-state index contributed by atoms with van der Waals surface area (Å²) in [5.74, 6) is 0. The number of anilines is 1. The van der Waals surface area contributed by atoms with Gasteiger partial charge in [0.15, 0.2) is 0 Å². The number of primary amides is 1. The monoisotopic (exact) mass is 250 g/mol. The molecular formula is C14H22N2O2. The Morgan fingerprint density at radius 3 is 2.39 bits per heavy atom. The van der Waals surface area contributed by atoms with Crippen molar-refractivity contribution in [3.63, 3.8) is 0 Å². The number of rotatable bonds is 4. The molecule has 1 amide bonds. The summed E-state index contributed by atoms with van der Waals surface area (Å²) in [6.07, 6.45) is -0.0878. The first-order valence-electron chi connectivity index (χ1n) is 5.97. The molecule has 1 aromatic rings. The smallest absolute Gasteiger partial charge is 0.405 e. The molecule has 0 aliphatic carbocycles. The molecule has 0 aromatic heterocycles. The zero-order valence-corrected chi connectivity index (χ0v) is 11.5. The molecule has 18 heavy (non-hydrogen) atoms. The molecule has 0 radical (unpaired) electrons. The molecule has 0 unspecified atom stereocenters. The number of hydrogen-bond donors (Lipinski definition) is 2. The van der Waals surface area contributed by atoms with Crippen LogP contribution in [-0.4, -0.2) is 11.7 Å². The Labute approximate surface area is 108 Å². The van der Waals surface area contributed by atoms with Crippen LogP contribution in [0.25, 0.3) is 0 Å². The van der Waals surface area contributed by atoms with Crippen LogP contribution in [-0.2, 0) is 10.2 Å². The van der Waals surface area contributed by atoms with Gasteiger partial charge in [-0.05, 0) is 43.4 Å². The van der Waals surface area contributed by atoms with E-state index in [0.717, 1.165) is 11.3 Å². The van der Waals surface area contributed by atoms with Gasteiger partial charge in [0.2, 0.25) is 0 Å². The lowest BCUT2D eigenvalue weighted by atomic mass is 9.76. The van der Waals surface area contributed by atoms with E-state index in [-0.39, 0.29) is 5.41 Å². The quantitative estimate of drug-likeness (QED) is 0.806. The normalized spacial score (nSPS) is 12.2. The maximum absolute atomic E-state index is 10.9. The van der Waals surface area contributed by atoms with Crippen molar-refractivity contribution in [1.29, 1.82) is 0 Å². The number of nitrogens with two attached hydrogens (primary N) is 2. The van der Waals surface area contributed by atoms with Gasteiger partial charge in [-0.15, -0.1) is 0 Å². The maximum atomic E-state index is 10.9. The third-order valence-electron chi connectivity index (χ3n) is 2.91. The molecule has 1 aromatic carbocycles. The van der Waals surface area contributed by atoms with Crippen LogP contribution < -0.4 is 11.5 Å². The van der Waals surface area contributed by atoms with Gasteiger partial charge in [-0.2, -0.15) is 0 Å². The summed E-state index contributed by atoms with van der Waals surface area (Å²) in [6, 6.07) is 7.75. The van der Waals surface area contributed by atoms with E-state index in [9.17, 15) is 4.79 Å². The number of hydrogen-bond acceptors (Lipinski definition) is 3. The van der Waals surface area contributed by atoms with Crippen molar-refractivity contribution in [3.8, 4) is 0 Å². The Morgan fingerprint density at radius 1 is 1.28 bits per heavy atom. The van der Waals surface area contributed by atoms with Crippen LogP contribution in [0.4, 0.5) is 10.5 Å². The zero-order valence-electron chi connectivity index (χ0n) is 11.5. The average Bonchev–Trinajstić information content (AvgIpc) is 2.13. The lowest BCUT2D eigenvalue weighted by molar-refractivity contribution is 0.0247. The van der Waals surface area contributed by atoms with Gasteiger partial charge < -0.3 is 16.2 Å². The fourth-order valence-electron chi connectivity index (χ4n) is 2.43. The van der Waals surface area contributed by atoms with Gasteiger partial charge in [-0.25, -0.2) is 4.79 Å². The van der Waals surface area contributed by atoms with E-state index in [1.807, 2.05) is 38.1 Å². The number of nitrogen functional groups attached to an aromatic ring is 1. The molecule has 0 heterocycles. The van der Waals surface area contributed by atoms with Crippen molar-refractivity contribution in [2.45, 2.75) is 45.1 Å². The topological polar surface area (TPSA) is 78.3 Å². The third-order valence-corrected chi connectivity index (χ3v) is 2.91. The predicted octanol–water partition coefficient (Wildman–Crippen LogP) is 2.81. The molecule has 0 fully saturated rings. The second-order valence-electron chi connectivity index (χ2n) is 5.87. The Kier molecular flexibility index (Phi) is 3.89. The molecule has 0 bridgehead atoms. The molecular weight excluding hydrogens is 228 g/mol. The summed E-state index contributed by atoms with van der Waals surface area (Å²) in [4.78, 5) is 10.9. The van der Waals surface area contributed by atoms with Crippen LogP contribution in [0.1, 0.15) is 39.7 Å². The van der Waals surface area contributed by atoms with Crippen LogP contribution in [0.3, 0.4) is 0 Å². The van der Waals surface area contributed by atoms with E-state index in [2.05, 4.69) is 13.8 Å². The second kappa shape index (κ2) is 4.88. The first kappa shape index (κ1) is 14.4. The van der Waals surface area contributed by atoms with E-state index in [1.165, 1.54) is 0 Å². The van der Waals surface area contributed by atoms with E-state index in [0.29, 0.717) is 6.42 Å². The summed E-state index contributed by atoms with van der Waals surface area (Å²) < 4.78 is 5.13. The van der Waals surface area contributed by atoms with Crippen LogP contribution >= 0.6 is 0 Å². The summed E-state index contributed by atoms with van der Waals surface area (Å²) in [6.45, 7) is 7.89. The second-order valence-corrected chi connectivity index (χ2v) is 5.87. The number of benzene rings is 1. The van der Waals surface area contributed by atoms with Crippen LogP contribution in [0.2, 0.25) is 0 Å². The van der Waals surface area contributed by atoms with Crippen molar-refractivity contribution in [2.75, 3.05) is 5.73 Å². The highest BCUT2D eigenvalue weighted by Gasteiger charge is 2.32. The minimum Gasteiger partial charge on any atom is -0.444 e. The molecule has 4 N–H and O–H groups in total.